The summed E-state index contributed by atoms with van der Waals surface area (Å²) in [5, 5.41) is 1.05. The summed E-state index contributed by atoms with van der Waals surface area (Å²) in [5.41, 5.74) is 2.10. The fourth-order valence-electron chi connectivity index (χ4n) is 2.30. The van der Waals surface area contributed by atoms with Crippen LogP contribution < -0.4 is 4.74 Å². The molecule has 0 aliphatic carbocycles. The molecule has 0 spiro atoms. The Hall–Kier alpha value is -1.25. The van der Waals surface area contributed by atoms with Crippen LogP contribution >= 0.6 is 23.2 Å². The lowest BCUT2D eigenvalue weighted by atomic mass is 10.0. The van der Waals surface area contributed by atoms with Crippen LogP contribution in [0.15, 0.2) is 30.3 Å². The van der Waals surface area contributed by atoms with E-state index in [0.29, 0.717) is 33.3 Å². The third kappa shape index (κ3) is 2.31. The van der Waals surface area contributed by atoms with Gasteiger partial charge in [0.15, 0.2) is 0 Å². The summed E-state index contributed by atoms with van der Waals surface area (Å²) in [6.07, 6.45) is 0.395. The minimum atomic E-state index is -0.317. The first-order valence-electron chi connectivity index (χ1n) is 5.82. The standard InChI is InChI=1S/C15H10Cl2FO/c1-8-4-9-5-11(18)7-13(15(9)19-8)12-6-10(16)2-3-14(12)17/h2-3,5-8H,1,4H2. The Morgan fingerprint density at radius 3 is 2.74 bits per heavy atom. The molecule has 0 amide bonds. The van der Waals surface area contributed by atoms with Crippen molar-refractivity contribution in [1.82, 2.24) is 0 Å². The van der Waals surface area contributed by atoms with E-state index in [2.05, 4.69) is 6.92 Å². The van der Waals surface area contributed by atoms with E-state index in [1.54, 1.807) is 18.2 Å². The fourth-order valence-corrected chi connectivity index (χ4v) is 2.69. The van der Waals surface area contributed by atoms with Gasteiger partial charge in [0.25, 0.3) is 0 Å². The predicted octanol–water partition coefficient (Wildman–Crippen LogP) is 4.94. The number of ether oxygens (including phenoxy) is 1. The first-order chi connectivity index (χ1) is 9.04. The van der Waals surface area contributed by atoms with Crippen LogP contribution in [0.2, 0.25) is 10.0 Å². The topological polar surface area (TPSA) is 9.23 Å². The highest BCUT2D eigenvalue weighted by molar-refractivity contribution is 6.35. The second kappa shape index (κ2) is 4.69. The summed E-state index contributed by atoms with van der Waals surface area (Å²) < 4.78 is 19.4. The van der Waals surface area contributed by atoms with Crippen LogP contribution in [0.3, 0.4) is 0 Å². The summed E-state index contributed by atoms with van der Waals surface area (Å²) in [6, 6.07) is 7.97. The van der Waals surface area contributed by atoms with E-state index in [-0.39, 0.29) is 11.9 Å². The monoisotopic (exact) mass is 295 g/mol. The summed E-state index contributed by atoms with van der Waals surface area (Å²) >= 11 is 12.1. The molecule has 97 valence electrons. The molecule has 0 bridgehead atoms. The largest absolute Gasteiger partial charge is 0.489 e. The van der Waals surface area contributed by atoms with Crippen molar-refractivity contribution in [1.29, 1.82) is 0 Å². The Morgan fingerprint density at radius 2 is 1.95 bits per heavy atom. The highest BCUT2D eigenvalue weighted by Gasteiger charge is 2.25. The van der Waals surface area contributed by atoms with Gasteiger partial charge >= 0.3 is 0 Å². The third-order valence-electron chi connectivity index (χ3n) is 3.08. The Labute approximate surface area is 120 Å². The number of benzene rings is 2. The van der Waals surface area contributed by atoms with Gasteiger partial charge in [-0.2, -0.15) is 0 Å². The third-order valence-corrected chi connectivity index (χ3v) is 3.65. The Morgan fingerprint density at radius 1 is 1.16 bits per heavy atom. The molecular formula is C15H10Cl2FO. The Kier molecular flexibility index (Phi) is 3.15. The van der Waals surface area contributed by atoms with Gasteiger partial charge in [-0.05, 0) is 37.3 Å². The minimum Gasteiger partial charge on any atom is -0.489 e. The molecule has 19 heavy (non-hydrogen) atoms. The van der Waals surface area contributed by atoms with Gasteiger partial charge in [-0.15, -0.1) is 0 Å². The van der Waals surface area contributed by atoms with E-state index in [1.165, 1.54) is 12.1 Å². The molecule has 0 aromatic heterocycles. The summed E-state index contributed by atoms with van der Waals surface area (Å²) in [6.45, 7) is 3.85. The minimum absolute atomic E-state index is 0.200. The molecule has 3 rings (SSSR count). The number of hydrogen-bond acceptors (Lipinski definition) is 1. The van der Waals surface area contributed by atoms with Crippen molar-refractivity contribution >= 4 is 23.2 Å². The molecule has 0 N–H and O–H groups in total. The summed E-state index contributed by atoms with van der Waals surface area (Å²) in [7, 11) is 0. The van der Waals surface area contributed by atoms with Gasteiger partial charge in [0, 0.05) is 33.2 Å². The predicted molar refractivity (Wildman–Crippen MR) is 75.3 cm³/mol. The molecule has 1 radical (unpaired) electrons. The maximum absolute atomic E-state index is 13.7. The van der Waals surface area contributed by atoms with Crippen molar-refractivity contribution in [2.24, 2.45) is 0 Å². The van der Waals surface area contributed by atoms with Crippen LogP contribution in [0.5, 0.6) is 5.75 Å². The lowest BCUT2D eigenvalue weighted by Crippen LogP contribution is -2.06. The first-order valence-corrected chi connectivity index (χ1v) is 6.58. The molecule has 1 nitrogen and oxygen atoms in total. The molecule has 4 heteroatoms. The zero-order chi connectivity index (χ0) is 13.6. The van der Waals surface area contributed by atoms with Gasteiger partial charge in [-0.3, -0.25) is 0 Å². The average molecular weight is 296 g/mol. The number of fused-ring (bicyclic) bond motifs is 1. The van der Waals surface area contributed by atoms with E-state index in [1.807, 2.05) is 0 Å². The molecule has 0 saturated carbocycles. The van der Waals surface area contributed by atoms with Crippen LogP contribution in [-0.2, 0) is 6.42 Å². The molecule has 1 atom stereocenters. The van der Waals surface area contributed by atoms with E-state index in [0.717, 1.165) is 5.56 Å². The van der Waals surface area contributed by atoms with Crippen molar-refractivity contribution in [3.63, 3.8) is 0 Å². The lowest BCUT2D eigenvalue weighted by molar-refractivity contribution is 0.282. The van der Waals surface area contributed by atoms with Crippen LogP contribution in [0.4, 0.5) is 4.39 Å². The smallest absolute Gasteiger partial charge is 0.131 e. The first kappa shape index (κ1) is 12.8. The van der Waals surface area contributed by atoms with E-state index in [4.69, 9.17) is 27.9 Å². The van der Waals surface area contributed by atoms with Crippen LogP contribution in [0.25, 0.3) is 11.1 Å². The van der Waals surface area contributed by atoms with E-state index in [9.17, 15) is 4.39 Å². The lowest BCUT2D eigenvalue weighted by Gasteiger charge is -2.11. The number of hydrogen-bond donors (Lipinski definition) is 0. The van der Waals surface area contributed by atoms with E-state index < -0.39 is 0 Å². The summed E-state index contributed by atoms with van der Waals surface area (Å²) in [4.78, 5) is 0. The summed E-state index contributed by atoms with van der Waals surface area (Å²) in [5.74, 6) is 0.327. The van der Waals surface area contributed by atoms with Crippen LogP contribution in [-0.4, -0.2) is 6.10 Å². The van der Waals surface area contributed by atoms with Gasteiger partial charge in [0.2, 0.25) is 0 Å². The van der Waals surface area contributed by atoms with Crippen molar-refractivity contribution in [2.45, 2.75) is 12.5 Å². The highest BCUT2D eigenvalue weighted by Crippen LogP contribution is 2.42. The van der Waals surface area contributed by atoms with Gasteiger partial charge in [-0.1, -0.05) is 23.2 Å². The maximum Gasteiger partial charge on any atom is 0.131 e. The molecule has 2 aromatic carbocycles. The molecule has 1 unspecified atom stereocenters. The molecule has 1 heterocycles. The quantitative estimate of drug-likeness (QED) is 0.724. The Balaban J connectivity index is 2.23. The van der Waals surface area contributed by atoms with Crippen molar-refractivity contribution in [3.05, 3.63) is 58.7 Å². The fraction of sp³-hybridized carbons (Fsp3) is 0.133. The molecule has 0 saturated heterocycles. The van der Waals surface area contributed by atoms with Crippen LogP contribution in [0.1, 0.15) is 5.56 Å². The Bertz CT molecular complexity index is 655. The SMILES string of the molecule is [CH2]C1Cc2cc(F)cc(-c3cc(Cl)ccc3Cl)c2O1. The molecule has 0 fully saturated rings. The molecule has 2 aromatic rings. The molecule has 1 aliphatic heterocycles. The zero-order valence-corrected chi connectivity index (χ0v) is 11.4. The normalized spacial score (nSPS) is 17.2. The van der Waals surface area contributed by atoms with E-state index >= 15 is 0 Å². The zero-order valence-electron chi connectivity index (χ0n) is 9.92. The number of rotatable bonds is 1. The number of halogens is 3. The highest BCUT2D eigenvalue weighted by atomic mass is 35.5. The molecule has 1 aliphatic rings. The van der Waals surface area contributed by atoms with Gasteiger partial charge in [0.05, 0.1) is 0 Å². The van der Waals surface area contributed by atoms with Crippen molar-refractivity contribution in [2.75, 3.05) is 0 Å². The molecular weight excluding hydrogens is 286 g/mol. The second-order valence-corrected chi connectivity index (χ2v) is 5.35. The van der Waals surface area contributed by atoms with Gasteiger partial charge in [0.1, 0.15) is 17.7 Å². The van der Waals surface area contributed by atoms with Crippen molar-refractivity contribution < 1.29 is 9.13 Å². The maximum atomic E-state index is 13.7. The second-order valence-electron chi connectivity index (χ2n) is 4.51. The van der Waals surface area contributed by atoms with Gasteiger partial charge in [-0.25, -0.2) is 4.39 Å². The average Bonchev–Trinajstić information content (AvgIpc) is 2.71. The van der Waals surface area contributed by atoms with Crippen molar-refractivity contribution in [3.8, 4) is 16.9 Å². The van der Waals surface area contributed by atoms with Gasteiger partial charge < -0.3 is 4.74 Å². The van der Waals surface area contributed by atoms with Crippen LogP contribution in [0, 0.1) is 12.7 Å².